The van der Waals surface area contributed by atoms with E-state index in [9.17, 15) is 4.79 Å². The van der Waals surface area contributed by atoms with Gasteiger partial charge in [0.1, 0.15) is 11.5 Å². The molecule has 0 aliphatic carbocycles. The van der Waals surface area contributed by atoms with E-state index in [0.717, 1.165) is 0 Å². The molecule has 2 rings (SSSR count). The Balaban J connectivity index is 2.14. The summed E-state index contributed by atoms with van der Waals surface area (Å²) in [6, 6.07) is 1.68. The van der Waals surface area contributed by atoms with Crippen molar-refractivity contribution in [1.29, 1.82) is 0 Å². The average molecular weight is 218 g/mol. The van der Waals surface area contributed by atoms with E-state index in [2.05, 4.69) is 20.4 Å². The maximum Gasteiger partial charge on any atom is 0.277 e. The number of nitrogens with zero attached hydrogens (tertiary/aromatic N) is 4. The average Bonchev–Trinajstić information content (AvgIpc) is 2.64. The minimum absolute atomic E-state index is 0.158. The first-order valence-corrected chi connectivity index (χ1v) is 4.53. The third-order valence-electron chi connectivity index (χ3n) is 1.84. The smallest absolute Gasteiger partial charge is 0.277 e. The molecule has 7 nitrogen and oxygen atoms in total. The summed E-state index contributed by atoms with van der Waals surface area (Å²) in [5.74, 6) is 0.267. The highest BCUT2D eigenvalue weighted by Gasteiger charge is 2.09. The minimum Gasteiger partial charge on any atom is -0.382 e. The number of anilines is 2. The number of hydrogen-bond donors (Lipinski definition) is 2. The van der Waals surface area contributed by atoms with Crippen molar-refractivity contribution in [2.45, 2.75) is 0 Å². The van der Waals surface area contributed by atoms with Crippen LogP contribution in [0, 0.1) is 0 Å². The van der Waals surface area contributed by atoms with Crippen molar-refractivity contribution in [3.05, 3.63) is 30.4 Å². The topological polar surface area (TPSA) is 98.7 Å². The Morgan fingerprint density at radius 1 is 1.50 bits per heavy atom. The van der Waals surface area contributed by atoms with Crippen LogP contribution >= 0.6 is 0 Å². The molecule has 0 atom stereocenters. The van der Waals surface area contributed by atoms with Gasteiger partial charge in [0, 0.05) is 19.3 Å². The number of nitrogens with two attached hydrogens (primary N) is 1. The summed E-state index contributed by atoms with van der Waals surface area (Å²) in [5, 5.41) is 6.58. The maximum absolute atomic E-state index is 11.7. The van der Waals surface area contributed by atoms with E-state index in [4.69, 9.17) is 5.73 Å². The van der Waals surface area contributed by atoms with Crippen molar-refractivity contribution in [3.8, 4) is 0 Å². The third-order valence-corrected chi connectivity index (χ3v) is 1.84. The van der Waals surface area contributed by atoms with E-state index in [0.29, 0.717) is 5.82 Å². The van der Waals surface area contributed by atoms with E-state index in [1.54, 1.807) is 24.0 Å². The number of nitrogen functional groups attached to an aromatic ring is 1. The fourth-order valence-electron chi connectivity index (χ4n) is 1.15. The van der Waals surface area contributed by atoms with Gasteiger partial charge in [-0.15, -0.1) is 0 Å². The fraction of sp³-hybridized carbons (Fsp3) is 0.111. The van der Waals surface area contributed by atoms with Crippen molar-refractivity contribution in [2.24, 2.45) is 7.05 Å². The van der Waals surface area contributed by atoms with Crippen molar-refractivity contribution < 1.29 is 4.79 Å². The fourth-order valence-corrected chi connectivity index (χ4v) is 1.15. The van der Waals surface area contributed by atoms with E-state index in [1.807, 2.05) is 0 Å². The number of amides is 1. The number of rotatable bonds is 2. The van der Waals surface area contributed by atoms with Gasteiger partial charge in [-0.1, -0.05) is 0 Å². The van der Waals surface area contributed by atoms with Gasteiger partial charge in [-0.05, 0) is 0 Å². The van der Waals surface area contributed by atoms with Gasteiger partial charge in [-0.3, -0.25) is 14.5 Å². The predicted octanol–water partition coefficient (Wildman–Crippen LogP) is 0.0446. The highest BCUT2D eigenvalue weighted by Crippen LogP contribution is 2.04. The number of aryl methyl sites for hydroxylation is 1. The van der Waals surface area contributed by atoms with E-state index < -0.39 is 5.91 Å². The standard InChI is InChI=1S/C9H10N6O/c1-15-3-2-8(14-15)13-9(16)6-4-11-5-7(10)12-6/h2-5H,1H3,(H2,10,12)(H,13,14,16). The van der Waals surface area contributed by atoms with Crippen molar-refractivity contribution >= 4 is 17.5 Å². The molecular formula is C9H10N6O. The molecule has 0 spiro atoms. The first-order chi connectivity index (χ1) is 7.65. The van der Waals surface area contributed by atoms with Crippen LogP contribution in [0.2, 0.25) is 0 Å². The summed E-state index contributed by atoms with van der Waals surface area (Å²) < 4.78 is 1.58. The lowest BCUT2D eigenvalue weighted by Gasteiger charge is -2.00. The van der Waals surface area contributed by atoms with Gasteiger partial charge in [0.05, 0.1) is 12.4 Å². The van der Waals surface area contributed by atoms with Gasteiger partial charge in [0.2, 0.25) is 0 Å². The van der Waals surface area contributed by atoms with Gasteiger partial charge in [-0.25, -0.2) is 4.98 Å². The van der Waals surface area contributed by atoms with E-state index in [-0.39, 0.29) is 11.5 Å². The molecular weight excluding hydrogens is 208 g/mol. The molecule has 2 aromatic heterocycles. The molecule has 0 aliphatic rings. The highest BCUT2D eigenvalue weighted by molar-refractivity contribution is 6.02. The largest absolute Gasteiger partial charge is 0.382 e. The lowest BCUT2D eigenvalue weighted by atomic mass is 10.4. The van der Waals surface area contributed by atoms with Crippen molar-refractivity contribution in [2.75, 3.05) is 11.1 Å². The molecule has 0 aromatic carbocycles. The molecule has 0 fully saturated rings. The monoisotopic (exact) mass is 218 g/mol. The van der Waals surface area contributed by atoms with Crippen LogP contribution in [0.4, 0.5) is 11.6 Å². The summed E-state index contributed by atoms with van der Waals surface area (Å²) in [7, 11) is 1.76. The molecule has 2 aromatic rings. The van der Waals surface area contributed by atoms with Gasteiger partial charge in [0.25, 0.3) is 5.91 Å². The molecule has 0 radical (unpaired) electrons. The van der Waals surface area contributed by atoms with Crippen LogP contribution in [0.3, 0.4) is 0 Å². The molecule has 0 bridgehead atoms. The van der Waals surface area contributed by atoms with Crippen LogP contribution in [-0.2, 0) is 7.05 Å². The lowest BCUT2D eigenvalue weighted by Crippen LogP contribution is -2.15. The molecule has 7 heteroatoms. The predicted molar refractivity (Wildman–Crippen MR) is 57.6 cm³/mol. The third kappa shape index (κ3) is 2.14. The lowest BCUT2D eigenvalue weighted by molar-refractivity contribution is 0.102. The van der Waals surface area contributed by atoms with Crippen LogP contribution in [0.1, 0.15) is 10.5 Å². The number of hydrogen-bond acceptors (Lipinski definition) is 5. The number of carbonyl (C=O) groups excluding carboxylic acids is 1. The number of aromatic nitrogens is 4. The van der Waals surface area contributed by atoms with Crippen LogP contribution in [0.25, 0.3) is 0 Å². The van der Waals surface area contributed by atoms with E-state index in [1.165, 1.54) is 12.4 Å². The Morgan fingerprint density at radius 3 is 2.94 bits per heavy atom. The van der Waals surface area contributed by atoms with Gasteiger partial charge in [-0.2, -0.15) is 5.10 Å². The molecule has 1 amide bonds. The summed E-state index contributed by atoms with van der Waals surface area (Å²) >= 11 is 0. The molecule has 0 aliphatic heterocycles. The quantitative estimate of drug-likeness (QED) is 0.741. The van der Waals surface area contributed by atoms with Crippen LogP contribution in [0.15, 0.2) is 24.7 Å². The summed E-state index contributed by atoms with van der Waals surface area (Å²) in [5.41, 5.74) is 5.58. The van der Waals surface area contributed by atoms with Crippen molar-refractivity contribution in [1.82, 2.24) is 19.7 Å². The molecule has 16 heavy (non-hydrogen) atoms. The second-order valence-corrected chi connectivity index (χ2v) is 3.16. The second kappa shape index (κ2) is 3.97. The van der Waals surface area contributed by atoms with Gasteiger partial charge < -0.3 is 11.1 Å². The summed E-state index contributed by atoms with van der Waals surface area (Å²) in [4.78, 5) is 19.3. The van der Waals surface area contributed by atoms with Gasteiger partial charge in [0.15, 0.2) is 5.82 Å². The molecule has 3 N–H and O–H groups in total. The Morgan fingerprint density at radius 2 is 2.31 bits per heavy atom. The summed E-state index contributed by atoms with van der Waals surface area (Å²) in [6.07, 6.45) is 4.44. The van der Waals surface area contributed by atoms with Crippen molar-refractivity contribution in [3.63, 3.8) is 0 Å². The highest BCUT2D eigenvalue weighted by atomic mass is 16.2. The van der Waals surface area contributed by atoms with Crippen LogP contribution in [-0.4, -0.2) is 25.7 Å². The Hall–Kier alpha value is -2.44. The minimum atomic E-state index is -0.390. The normalized spacial score (nSPS) is 10.1. The summed E-state index contributed by atoms with van der Waals surface area (Å²) in [6.45, 7) is 0. The maximum atomic E-state index is 11.7. The van der Waals surface area contributed by atoms with E-state index >= 15 is 0 Å². The van der Waals surface area contributed by atoms with Crippen LogP contribution in [0.5, 0.6) is 0 Å². The number of carbonyl (C=O) groups is 1. The Labute approximate surface area is 91.3 Å². The second-order valence-electron chi connectivity index (χ2n) is 3.16. The zero-order valence-corrected chi connectivity index (χ0v) is 8.58. The zero-order chi connectivity index (χ0) is 11.5. The molecule has 0 unspecified atom stereocenters. The van der Waals surface area contributed by atoms with Gasteiger partial charge >= 0.3 is 0 Å². The van der Waals surface area contributed by atoms with Crippen LogP contribution < -0.4 is 11.1 Å². The first kappa shape index (κ1) is 10.1. The molecule has 0 saturated carbocycles. The number of nitrogens with one attached hydrogen (secondary N) is 1. The first-order valence-electron chi connectivity index (χ1n) is 4.53. The molecule has 82 valence electrons. The molecule has 0 saturated heterocycles. The Kier molecular flexibility index (Phi) is 2.50. The molecule has 2 heterocycles. The SMILES string of the molecule is Cn1ccc(NC(=O)c2cncc(N)n2)n1. The zero-order valence-electron chi connectivity index (χ0n) is 8.58. The Bertz CT molecular complexity index is 520.